The molecule has 0 aromatic heterocycles. The number of rotatable bonds is 3. The molecular formula is C12H12BrCl2NO3S. The molecule has 8 heteroatoms. The number of halogens is 3. The Balaban J connectivity index is 2.34. The van der Waals surface area contributed by atoms with Crippen molar-refractivity contribution in [2.24, 2.45) is 5.41 Å². The first-order valence-corrected chi connectivity index (χ1v) is 9.25. The lowest BCUT2D eigenvalue weighted by molar-refractivity contribution is 0.0946. The zero-order chi connectivity index (χ0) is 15.3. The third-order valence-corrected chi connectivity index (χ3v) is 6.33. The van der Waals surface area contributed by atoms with E-state index < -0.39 is 9.05 Å². The lowest BCUT2D eigenvalue weighted by Crippen LogP contribution is -2.28. The van der Waals surface area contributed by atoms with Gasteiger partial charge in [-0.25, -0.2) is 8.42 Å². The summed E-state index contributed by atoms with van der Waals surface area (Å²) >= 11 is 8.98. The quantitative estimate of drug-likeness (QED) is 0.789. The number of nitrogens with one attached hydrogen (secondary N) is 1. The molecule has 1 saturated carbocycles. The van der Waals surface area contributed by atoms with Gasteiger partial charge >= 0.3 is 0 Å². The molecule has 0 bridgehead atoms. The fraction of sp³-hybridized carbons (Fsp3) is 0.417. The monoisotopic (exact) mass is 399 g/mol. The predicted molar refractivity (Wildman–Crippen MR) is 81.8 cm³/mol. The van der Waals surface area contributed by atoms with Crippen molar-refractivity contribution in [3.05, 3.63) is 27.2 Å². The van der Waals surface area contributed by atoms with Crippen LogP contribution in [0.25, 0.3) is 0 Å². The molecule has 1 N–H and O–H groups in total. The largest absolute Gasteiger partial charge is 0.349 e. The zero-order valence-corrected chi connectivity index (χ0v) is 14.6. The summed E-state index contributed by atoms with van der Waals surface area (Å²) in [5, 5.41) is 2.95. The van der Waals surface area contributed by atoms with Gasteiger partial charge in [-0.2, -0.15) is 0 Å². The van der Waals surface area contributed by atoms with Gasteiger partial charge in [0.1, 0.15) is 0 Å². The fourth-order valence-electron chi connectivity index (χ4n) is 1.83. The number of amides is 1. The Kier molecular flexibility index (Phi) is 4.15. The Morgan fingerprint density at radius 1 is 1.45 bits per heavy atom. The van der Waals surface area contributed by atoms with E-state index >= 15 is 0 Å². The van der Waals surface area contributed by atoms with E-state index in [1.807, 2.05) is 13.8 Å². The summed E-state index contributed by atoms with van der Waals surface area (Å²) in [6, 6.07) is 2.71. The molecule has 1 aliphatic rings. The Hall–Kier alpha value is -0.300. The van der Waals surface area contributed by atoms with E-state index in [9.17, 15) is 13.2 Å². The average Bonchev–Trinajstić information content (AvgIpc) is 2.87. The molecule has 0 heterocycles. The van der Waals surface area contributed by atoms with Crippen molar-refractivity contribution in [2.75, 3.05) is 0 Å². The summed E-state index contributed by atoms with van der Waals surface area (Å²) in [5.41, 5.74) is 0.246. The van der Waals surface area contributed by atoms with Gasteiger partial charge in [0.25, 0.3) is 15.0 Å². The third-order valence-electron chi connectivity index (χ3n) is 3.34. The van der Waals surface area contributed by atoms with Gasteiger partial charge < -0.3 is 5.32 Å². The topological polar surface area (TPSA) is 63.2 Å². The molecule has 1 amide bonds. The highest BCUT2D eigenvalue weighted by atomic mass is 79.9. The summed E-state index contributed by atoms with van der Waals surface area (Å²) in [6.45, 7) is 4.09. The van der Waals surface area contributed by atoms with Gasteiger partial charge in [0, 0.05) is 22.3 Å². The van der Waals surface area contributed by atoms with Gasteiger partial charge in [-0.3, -0.25) is 4.79 Å². The van der Waals surface area contributed by atoms with Crippen LogP contribution in [0.3, 0.4) is 0 Å². The summed E-state index contributed by atoms with van der Waals surface area (Å²) in [7, 11) is 1.34. The lowest BCUT2D eigenvalue weighted by atomic mass is 10.1. The Bertz CT molecular complexity index is 688. The molecule has 1 unspecified atom stereocenters. The van der Waals surface area contributed by atoms with Crippen molar-refractivity contribution in [3.63, 3.8) is 0 Å². The van der Waals surface area contributed by atoms with Crippen LogP contribution in [0, 0.1) is 5.41 Å². The van der Waals surface area contributed by atoms with Crippen molar-refractivity contribution in [1.29, 1.82) is 0 Å². The number of hydrogen-bond acceptors (Lipinski definition) is 3. The first kappa shape index (κ1) is 16.1. The van der Waals surface area contributed by atoms with Gasteiger partial charge in [-0.1, -0.05) is 25.4 Å². The highest BCUT2D eigenvalue weighted by molar-refractivity contribution is 9.10. The van der Waals surface area contributed by atoms with Crippen molar-refractivity contribution in [3.8, 4) is 0 Å². The zero-order valence-electron chi connectivity index (χ0n) is 10.7. The van der Waals surface area contributed by atoms with Gasteiger partial charge in [-0.15, -0.1) is 0 Å². The highest BCUT2D eigenvalue weighted by Gasteiger charge is 2.46. The third kappa shape index (κ3) is 3.30. The minimum Gasteiger partial charge on any atom is -0.349 e. The molecule has 4 nitrogen and oxygen atoms in total. The van der Waals surface area contributed by atoms with Crippen LogP contribution in [0.5, 0.6) is 0 Å². The molecule has 2 rings (SSSR count). The average molecular weight is 401 g/mol. The molecule has 0 spiro atoms. The van der Waals surface area contributed by atoms with E-state index in [0.717, 1.165) is 6.42 Å². The molecule has 0 aliphatic heterocycles. The van der Waals surface area contributed by atoms with Crippen LogP contribution in [0.2, 0.25) is 5.02 Å². The minimum atomic E-state index is -3.99. The van der Waals surface area contributed by atoms with Gasteiger partial charge in [0.2, 0.25) is 0 Å². The molecule has 1 aliphatic carbocycles. The SMILES string of the molecule is CC1(C)CC1NC(=O)c1cc(Cl)c(Br)c(S(=O)(=O)Cl)c1. The van der Waals surface area contributed by atoms with Crippen LogP contribution >= 0.6 is 38.2 Å². The van der Waals surface area contributed by atoms with Gasteiger partial charge in [0.05, 0.1) is 14.4 Å². The van der Waals surface area contributed by atoms with E-state index in [0.29, 0.717) is 0 Å². The molecule has 1 fully saturated rings. The van der Waals surface area contributed by atoms with Crippen LogP contribution < -0.4 is 5.32 Å². The molecular weight excluding hydrogens is 389 g/mol. The van der Waals surface area contributed by atoms with E-state index in [-0.39, 0.29) is 37.3 Å². The first-order chi connectivity index (χ1) is 9.02. The van der Waals surface area contributed by atoms with E-state index in [1.165, 1.54) is 12.1 Å². The number of benzene rings is 1. The van der Waals surface area contributed by atoms with Crippen LogP contribution in [0.1, 0.15) is 30.6 Å². The normalized spacial score (nSPS) is 20.6. The first-order valence-electron chi connectivity index (χ1n) is 5.77. The molecule has 20 heavy (non-hydrogen) atoms. The maximum absolute atomic E-state index is 12.1. The standard InChI is InChI=1S/C12H12BrCl2NO3S/c1-12(2)5-9(12)16-11(17)6-3-7(14)10(13)8(4-6)20(15,18)19/h3-4,9H,5H2,1-2H3,(H,16,17). The van der Waals surface area contributed by atoms with Crippen LogP contribution in [-0.2, 0) is 9.05 Å². The van der Waals surface area contributed by atoms with E-state index in [2.05, 4.69) is 21.2 Å². The van der Waals surface area contributed by atoms with E-state index in [1.54, 1.807) is 0 Å². The summed E-state index contributed by atoms with van der Waals surface area (Å²) in [6.07, 6.45) is 0.893. The maximum Gasteiger partial charge on any atom is 0.262 e. The Labute approximate surface area is 135 Å². The Morgan fingerprint density at radius 2 is 2.00 bits per heavy atom. The highest BCUT2D eigenvalue weighted by Crippen LogP contribution is 2.44. The lowest BCUT2D eigenvalue weighted by Gasteiger charge is -2.10. The molecule has 0 saturated heterocycles. The summed E-state index contributed by atoms with van der Waals surface area (Å²) < 4.78 is 23.1. The number of carbonyl (C=O) groups is 1. The van der Waals surface area contributed by atoms with Crippen LogP contribution in [-0.4, -0.2) is 20.4 Å². The van der Waals surface area contributed by atoms with Crippen molar-refractivity contribution < 1.29 is 13.2 Å². The summed E-state index contributed by atoms with van der Waals surface area (Å²) in [4.78, 5) is 11.9. The van der Waals surface area contributed by atoms with Crippen LogP contribution in [0.4, 0.5) is 0 Å². The van der Waals surface area contributed by atoms with Gasteiger partial charge in [-0.05, 0) is 39.9 Å². The van der Waals surface area contributed by atoms with Crippen molar-refractivity contribution in [1.82, 2.24) is 5.32 Å². The molecule has 1 atom stereocenters. The molecule has 110 valence electrons. The number of carbonyl (C=O) groups excluding carboxylic acids is 1. The molecule has 0 radical (unpaired) electrons. The minimum absolute atomic E-state index is 0.0796. The molecule has 1 aromatic rings. The second kappa shape index (κ2) is 5.16. The summed E-state index contributed by atoms with van der Waals surface area (Å²) in [5.74, 6) is -0.364. The van der Waals surface area contributed by atoms with E-state index in [4.69, 9.17) is 22.3 Å². The molecule has 1 aromatic carbocycles. The fourth-order valence-corrected chi connectivity index (χ4v) is 4.21. The predicted octanol–water partition coefficient (Wildman–Crippen LogP) is 3.56. The maximum atomic E-state index is 12.1. The second-order valence-corrected chi connectivity index (χ2v) is 9.16. The Morgan fingerprint density at radius 3 is 2.45 bits per heavy atom. The van der Waals surface area contributed by atoms with Gasteiger partial charge in [0.15, 0.2) is 0 Å². The number of hydrogen-bond donors (Lipinski definition) is 1. The van der Waals surface area contributed by atoms with Crippen LogP contribution in [0.15, 0.2) is 21.5 Å². The van der Waals surface area contributed by atoms with Crippen molar-refractivity contribution in [2.45, 2.75) is 31.2 Å². The smallest absolute Gasteiger partial charge is 0.262 e. The van der Waals surface area contributed by atoms with Crippen molar-refractivity contribution >= 4 is 53.2 Å². The second-order valence-electron chi connectivity index (χ2n) is 5.43.